The predicted molar refractivity (Wildman–Crippen MR) is 79.2 cm³/mol. The number of aliphatic hydroxyl groups is 1. The van der Waals surface area contributed by atoms with Gasteiger partial charge in [-0.25, -0.2) is 4.79 Å². The molecular formula is C13H15Cl2N3O3. The summed E-state index contributed by atoms with van der Waals surface area (Å²) in [4.78, 5) is 24.6. The first kappa shape index (κ1) is 15.9. The van der Waals surface area contributed by atoms with Gasteiger partial charge in [0, 0.05) is 23.1 Å². The second kappa shape index (κ2) is 6.51. The lowest BCUT2D eigenvalue weighted by atomic mass is 9.99. The zero-order chi connectivity index (χ0) is 15.6. The average molecular weight is 332 g/mol. The van der Waals surface area contributed by atoms with E-state index in [-0.39, 0.29) is 0 Å². The molecule has 114 valence electrons. The molecule has 8 heteroatoms. The van der Waals surface area contributed by atoms with E-state index in [1.54, 1.807) is 12.1 Å². The Hall–Kier alpha value is -1.50. The molecule has 0 radical (unpaired) electrons. The molecular weight excluding hydrogens is 317 g/mol. The Morgan fingerprint density at radius 3 is 2.76 bits per heavy atom. The fraction of sp³-hybridized carbons (Fsp3) is 0.385. The number of nitrogens with zero attached hydrogens (tertiary/aromatic N) is 1. The Morgan fingerprint density at radius 2 is 2.14 bits per heavy atom. The number of carbonyl (C=O) groups is 2. The van der Waals surface area contributed by atoms with Crippen molar-refractivity contribution < 1.29 is 14.7 Å². The van der Waals surface area contributed by atoms with Crippen LogP contribution in [0.1, 0.15) is 11.1 Å². The molecule has 1 aromatic carbocycles. The number of nitrogens with one attached hydrogen (secondary N) is 1. The number of hydrogen-bond acceptors (Lipinski definition) is 3. The molecule has 0 saturated heterocycles. The van der Waals surface area contributed by atoms with Gasteiger partial charge in [-0.15, -0.1) is 0 Å². The van der Waals surface area contributed by atoms with E-state index in [0.29, 0.717) is 29.6 Å². The summed E-state index contributed by atoms with van der Waals surface area (Å²) in [5.74, 6) is -0.391. The van der Waals surface area contributed by atoms with Gasteiger partial charge in [0.05, 0.1) is 6.61 Å². The summed E-state index contributed by atoms with van der Waals surface area (Å²) < 4.78 is 0. The number of carbonyl (C=O) groups excluding carboxylic acids is 2. The minimum atomic E-state index is -1.04. The van der Waals surface area contributed by atoms with Gasteiger partial charge in [0.2, 0.25) is 5.91 Å². The van der Waals surface area contributed by atoms with Crippen molar-refractivity contribution in [3.05, 3.63) is 33.3 Å². The molecule has 0 aromatic heterocycles. The summed E-state index contributed by atoms with van der Waals surface area (Å²) in [5, 5.41) is 12.5. The van der Waals surface area contributed by atoms with Crippen LogP contribution in [0.5, 0.6) is 0 Å². The summed E-state index contributed by atoms with van der Waals surface area (Å²) in [5.41, 5.74) is 6.82. The fourth-order valence-corrected chi connectivity index (χ4v) is 3.01. The van der Waals surface area contributed by atoms with Gasteiger partial charge in [0.15, 0.2) is 0 Å². The number of amides is 3. The van der Waals surface area contributed by atoms with Crippen molar-refractivity contribution in [1.82, 2.24) is 10.2 Å². The smallest absolute Gasteiger partial charge is 0.312 e. The molecule has 1 atom stereocenters. The van der Waals surface area contributed by atoms with E-state index >= 15 is 0 Å². The molecule has 0 aliphatic carbocycles. The lowest BCUT2D eigenvalue weighted by Crippen LogP contribution is -2.52. The van der Waals surface area contributed by atoms with Crippen molar-refractivity contribution in [1.29, 1.82) is 0 Å². The SMILES string of the molecule is NC(=O)NC(CO)C(=O)N1CCc2c(Cl)cc(Cl)cc2C1. The molecule has 0 bridgehead atoms. The summed E-state index contributed by atoms with van der Waals surface area (Å²) in [6.45, 7) is 0.261. The number of rotatable bonds is 3. The molecule has 1 unspecified atom stereocenters. The van der Waals surface area contributed by atoms with Crippen molar-refractivity contribution in [2.45, 2.75) is 19.0 Å². The normalized spacial score (nSPS) is 15.3. The summed E-state index contributed by atoms with van der Waals surface area (Å²) in [7, 11) is 0. The Kier molecular flexibility index (Phi) is 4.92. The van der Waals surface area contributed by atoms with Gasteiger partial charge in [-0.1, -0.05) is 23.2 Å². The van der Waals surface area contributed by atoms with Crippen LogP contribution in [0, 0.1) is 0 Å². The zero-order valence-electron chi connectivity index (χ0n) is 11.1. The van der Waals surface area contributed by atoms with Gasteiger partial charge in [0.1, 0.15) is 6.04 Å². The molecule has 1 heterocycles. The van der Waals surface area contributed by atoms with Crippen LogP contribution in [0.15, 0.2) is 12.1 Å². The van der Waals surface area contributed by atoms with Crippen LogP contribution in [0.25, 0.3) is 0 Å². The maximum atomic E-state index is 12.3. The molecule has 21 heavy (non-hydrogen) atoms. The third-order valence-electron chi connectivity index (χ3n) is 3.35. The van der Waals surface area contributed by atoms with Gasteiger partial charge >= 0.3 is 6.03 Å². The number of primary amides is 1. The number of hydrogen-bond donors (Lipinski definition) is 3. The maximum Gasteiger partial charge on any atom is 0.312 e. The number of aliphatic hydroxyl groups excluding tert-OH is 1. The second-order valence-electron chi connectivity index (χ2n) is 4.78. The molecule has 1 aromatic rings. The average Bonchev–Trinajstić information content (AvgIpc) is 2.42. The highest BCUT2D eigenvalue weighted by atomic mass is 35.5. The molecule has 0 spiro atoms. The van der Waals surface area contributed by atoms with Crippen LogP contribution in [0.2, 0.25) is 10.0 Å². The number of nitrogens with two attached hydrogens (primary N) is 1. The molecule has 3 amide bonds. The molecule has 0 fully saturated rings. The van der Waals surface area contributed by atoms with Crippen molar-refractivity contribution in [3.63, 3.8) is 0 Å². The maximum absolute atomic E-state index is 12.3. The summed E-state index contributed by atoms with van der Waals surface area (Å²) >= 11 is 12.1. The molecule has 1 aliphatic rings. The lowest BCUT2D eigenvalue weighted by molar-refractivity contribution is -0.135. The molecule has 0 saturated carbocycles. The van der Waals surface area contributed by atoms with Gasteiger partial charge < -0.3 is 21.1 Å². The van der Waals surface area contributed by atoms with Gasteiger partial charge in [-0.2, -0.15) is 0 Å². The first-order chi connectivity index (χ1) is 9.92. The van der Waals surface area contributed by atoms with E-state index in [9.17, 15) is 14.7 Å². The largest absolute Gasteiger partial charge is 0.394 e. The van der Waals surface area contributed by atoms with Crippen LogP contribution in [-0.4, -0.2) is 41.1 Å². The van der Waals surface area contributed by atoms with Gasteiger partial charge in [0.25, 0.3) is 0 Å². The number of fused-ring (bicyclic) bond motifs is 1. The van der Waals surface area contributed by atoms with E-state index in [2.05, 4.69) is 5.32 Å². The molecule has 6 nitrogen and oxygen atoms in total. The molecule has 2 rings (SSSR count). The minimum Gasteiger partial charge on any atom is -0.394 e. The topological polar surface area (TPSA) is 95.7 Å². The third kappa shape index (κ3) is 3.58. The van der Waals surface area contributed by atoms with E-state index in [0.717, 1.165) is 11.1 Å². The zero-order valence-corrected chi connectivity index (χ0v) is 12.6. The summed E-state index contributed by atoms with van der Waals surface area (Å²) in [6.07, 6.45) is 0.589. The van der Waals surface area contributed by atoms with Crippen molar-refractivity contribution >= 4 is 35.1 Å². The first-order valence-corrected chi connectivity index (χ1v) is 7.10. The Bertz CT molecular complexity index is 580. The molecule has 1 aliphatic heterocycles. The van der Waals surface area contributed by atoms with E-state index in [1.165, 1.54) is 4.90 Å². The highest BCUT2D eigenvalue weighted by Crippen LogP contribution is 2.30. The lowest BCUT2D eigenvalue weighted by Gasteiger charge is -2.32. The minimum absolute atomic E-state index is 0.325. The van der Waals surface area contributed by atoms with E-state index in [1.807, 2.05) is 0 Å². The highest BCUT2D eigenvalue weighted by molar-refractivity contribution is 6.35. The van der Waals surface area contributed by atoms with Crippen LogP contribution in [-0.2, 0) is 17.8 Å². The Morgan fingerprint density at radius 1 is 1.43 bits per heavy atom. The van der Waals surface area contributed by atoms with Crippen LogP contribution >= 0.6 is 23.2 Å². The fourth-order valence-electron chi connectivity index (χ4n) is 2.37. The Balaban J connectivity index is 2.17. The van der Waals surface area contributed by atoms with Crippen LogP contribution in [0.3, 0.4) is 0 Å². The Labute approximate surface area is 131 Å². The van der Waals surface area contributed by atoms with Gasteiger partial charge in [-0.05, 0) is 29.7 Å². The molecule has 4 N–H and O–H groups in total. The number of benzene rings is 1. The van der Waals surface area contributed by atoms with Crippen LogP contribution in [0.4, 0.5) is 4.79 Å². The number of urea groups is 1. The van der Waals surface area contributed by atoms with Crippen molar-refractivity contribution in [2.24, 2.45) is 5.73 Å². The highest BCUT2D eigenvalue weighted by Gasteiger charge is 2.28. The van der Waals surface area contributed by atoms with E-state index in [4.69, 9.17) is 28.9 Å². The monoisotopic (exact) mass is 331 g/mol. The first-order valence-electron chi connectivity index (χ1n) is 6.34. The third-order valence-corrected chi connectivity index (χ3v) is 3.91. The number of halogens is 2. The van der Waals surface area contributed by atoms with E-state index < -0.39 is 24.6 Å². The predicted octanol–water partition coefficient (Wildman–Crippen LogP) is 0.907. The quantitative estimate of drug-likeness (QED) is 0.768. The van der Waals surface area contributed by atoms with Crippen molar-refractivity contribution in [2.75, 3.05) is 13.2 Å². The standard InChI is InChI=1S/C13H15Cl2N3O3/c14-8-3-7-5-18(2-1-9(7)10(15)4-8)12(20)11(6-19)17-13(16)21/h3-4,11,19H,1-2,5-6H2,(H3,16,17,21). The van der Waals surface area contributed by atoms with Crippen LogP contribution < -0.4 is 11.1 Å². The van der Waals surface area contributed by atoms with Gasteiger partial charge in [-0.3, -0.25) is 4.79 Å². The summed E-state index contributed by atoms with van der Waals surface area (Å²) in [6, 6.07) is 1.53. The second-order valence-corrected chi connectivity index (χ2v) is 5.62. The van der Waals surface area contributed by atoms with Crippen molar-refractivity contribution in [3.8, 4) is 0 Å².